The van der Waals surface area contributed by atoms with Gasteiger partial charge in [0.25, 0.3) is 0 Å². The summed E-state index contributed by atoms with van der Waals surface area (Å²) in [6.45, 7) is 9.82. The van der Waals surface area contributed by atoms with Crippen LogP contribution < -0.4 is 0 Å². The minimum absolute atomic E-state index is 0.00901. The Morgan fingerprint density at radius 3 is 1.50 bits per heavy atom. The van der Waals surface area contributed by atoms with E-state index < -0.39 is 0 Å². The summed E-state index contributed by atoms with van der Waals surface area (Å²) in [5.74, 6) is 0.872. The van der Waals surface area contributed by atoms with E-state index in [1.807, 2.05) is 0 Å². The third-order valence-corrected chi connectivity index (χ3v) is 11.5. The molecule has 0 saturated heterocycles. The van der Waals surface area contributed by atoms with Gasteiger partial charge in [0.2, 0.25) is 0 Å². The quantitative estimate of drug-likeness (QED) is 0.0502. The van der Waals surface area contributed by atoms with Gasteiger partial charge >= 0.3 is 11.9 Å². The van der Waals surface area contributed by atoms with Crippen LogP contribution in [0.15, 0.2) is 0 Å². The lowest BCUT2D eigenvalue weighted by atomic mass is 9.84. The predicted octanol–water partition coefficient (Wildman–Crippen LogP) is 13.1. The Kier molecular flexibility index (Phi) is 34.6. The Balaban J connectivity index is 2.09. The maximum absolute atomic E-state index is 12.7. The molecule has 1 rings (SSSR count). The van der Waals surface area contributed by atoms with E-state index in [-0.39, 0.29) is 30.8 Å². The first-order chi connectivity index (χ1) is 25.5. The summed E-state index contributed by atoms with van der Waals surface area (Å²) in [7, 11) is 0. The van der Waals surface area contributed by atoms with Gasteiger partial charge < -0.3 is 19.5 Å². The first-order valence-corrected chi connectivity index (χ1v) is 23.2. The number of nitrogens with zero attached hydrogens (tertiary/aromatic N) is 1. The van der Waals surface area contributed by atoms with Gasteiger partial charge in [-0.2, -0.15) is 0 Å². The zero-order valence-electron chi connectivity index (χ0n) is 35.1. The summed E-state index contributed by atoms with van der Waals surface area (Å²) < 4.78 is 11.8. The van der Waals surface area contributed by atoms with E-state index in [9.17, 15) is 14.7 Å². The van der Waals surface area contributed by atoms with E-state index in [1.165, 1.54) is 128 Å². The van der Waals surface area contributed by atoms with Gasteiger partial charge in [-0.15, -0.1) is 0 Å². The van der Waals surface area contributed by atoms with Crippen molar-refractivity contribution < 1.29 is 24.2 Å². The SMILES string of the molecule is CCCCCCCCC(CCCCCCCC)OC(=O)CCCCCCCN(CCO)CCCCCCCC(=O)OC1CCC(CCCCC)CC1. The van der Waals surface area contributed by atoms with Gasteiger partial charge in [0.1, 0.15) is 12.2 Å². The molecule has 0 spiro atoms. The maximum atomic E-state index is 12.7. The van der Waals surface area contributed by atoms with Crippen LogP contribution in [0.3, 0.4) is 0 Å². The molecular weight excluding hydrogens is 647 g/mol. The van der Waals surface area contributed by atoms with Crippen molar-refractivity contribution in [3.05, 3.63) is 0 Å². The van der Waals surface area contributed by atoms with Gasteiger partial charge in [-0.1, -0.05) is 149 Å². The van der Waals surface area contributed by atoms with Crippen LogP contribution >= 0.6 is 0 Å². The molecule has 1 saturated carbocycles. The second-order valence-corrected chi connectivity index (χ2v) is 16.5. The monoisotopic (exact) mass is 736 g/mol. The average molecular weight is 736 g/mol. The number of hydrogen-bond acceptors (Lipinski definition) is 6. The smallest absolute Gasteiger partial charge is 0.306 e. The third-order valence-electron chi connectivity index (χ3n) is 11.5. The third kappa shape index (κ3) is 30.2. The fourth-order valence-electron chi connectivity index (χ4n) is 8.02. The molecule has 1 N–H and O–H groups in total. The van der Waals surface area contributed by atoms with Crippen LogP contribution in [-0.4, -0.2) is 60.4 Å². The van der Waals surface area contributed by atoms with Crippen molar-refractivity contribution in [2.75, 3.05) is 26.2 Å². The average Bonchev–Trinajstić information content (AvgIpc) is 3.14. The van der Waals surface area contributed by atoms with Crippen molar-refractivity contribution >= 4 is 11.9 Å². The molecule has 52 heavy (non-hydrogen) atoms. The minimum atomic E-state index is 0.00901. The van der Waals surface area contributed by atoms with Crippen LogP contribution in [0.25, 0.3) is 0 Å². The first kappa shape index (κ1) is 48.9. The fraction of sp³-hybridized carbons (Fsp3) is 0.957. The number of aliphatic hydroxyl groups excluding tert-OH is 1. The normalized spacial score (nSPS) is 16.2. The minimum Gasteiger partial charge on any atom is -0.462 e. The second-order valence-electron chi connectivity index (χ2n) is 16.5. The highest BCUT2D eigenvalue weighted by Crippen LogP contribution is 2.30. The van der Waals surface area contributed by atoms with Gasteiger partial charge in [0.15, 0.2) is 0 Å². The Labute approximate surface area is 323 Å². The zero-order valence-corrected chi connectivity index (χ0v) is 35.1. The molecule has 1 aliphatic rings. The zero-order chi connectivity index (χ0) is 37.7. The lowest BCUT2D eigenvalue weighted by molar-refractivity contribution is -0.151. The number of hydrogen-bond donors (Lipinski definition) is 1. The summed E-state index contributed by atoms with van der Waals surface area (Å²) in [6.07, 6.45) is 39.8. The van der Waals surface area contributed by atoms with Crippen LogP contribution in [0.1, 0.15) is 239 Å². The molecule has 0 aromatic heterocycles. The number of unbranched alkanes of at least 4 members (excludes halogenated alkanes) is 20. The molecular formula is C46H89NO5. The molecule has 0 aromatic carbocycles. The molecule has 0 unspecified atom stereocenters. The number of carbonyl (C=O) groups is 2. The van der Waals surface area contributed by atoms with Crippen LogP contribution in [-0.2, 0) is 19.1 Å². The largest absolute Gasteiger partial charge is 0.462 e. The van der Waals surface area contributed by atoms with Gasteiger partial charge in [-0.3, -0.25) is 9.59 Å². The molecule has 0 radical (unpaired) electrons. The topological polar surface area (TPSA) is 76.1 Å². The highest BCUT2D eigenvalue weighted by molar-refractivity contribution is 5.69. The van der Waals surface area contributed by atoms with Crippen molar-refractivity contribution in [1.82, 2.24) is 4.90 Å². The van der Waals surface area contributed by atoms with Crippen molar-refractivity contribution in [2.24, 2.45) is 5.92 Å². The Bertz CT molecular complexity index is 767. The Morgan fingerprint density at radius 1 is 0.538 bits per heavy atom. The summed E-state index contributed by atoms with van der Waals surface area (Å²) >= 11 is 0. The standard InChI is InChI=1S/C46H89NO5/c1-4-7-10-12-16-23-30-43(31-24-17-13-11-8-5-2)51-45(49)32-25-18-14-20-27-38-47(40-41-48)39-28-21-15-19-26-33-46(50)52-44-36-34-42(35-37-44)29-22-9-6-3/h42-44,48H,4-41H2,1-3H3. The van der Waals surface area contributed by atoms with Gasteiger partial charge in [0, 0.05) is 19.4 Å². The van der Waals surface area contributed by atoms with Crippen molar-refractivity contribution in [2.45, 2.75) is 251 Å². The summed E-state index contributed by atoms with van der Waals surface area (Å²) in [5.41, 5.74) is 0. The highest BCUT2D eigenvalue weighted by Gasteiger charge is 2.23. The highest BCUT2D eigenvalue weighted by atomic mass is 16.5. The van der Waals surface area contributed by atoms with Crippen LogP contribution in [0.5, 0.6) is 0 Å². The van der Waals surface area contributed by atoms with E-state index in [0.717, 1.165) is 103 Å². The summed E-state index contributed by atoms with van der Waals surface area (Å²) in [6, 6.07) is 0. The molecule has 0 amide bonds. The Hall–Kier alpha value is -1.14. The number of esters is 2. The molecule has 0 heterocycles. The summed E-state index contributed by atoms with van der Waals surface area (Å²) in [4.78, 5) is 27.5. The lowest BCUT2D eigenvalue weighted by Crippen LogP contribution is -2.29. The number of carbonyl (C=O) groups excluding carboxylic acids is 2. The lowest BCUT2D eigenvalue weighted by Gasteiger charge is -2.28. The van der Waals surface area contributed by atoms with E-state index in [4.69, 9.17) is 9.47 Å². The fourth-order valence-corrected chi connectivity index (χ4v) is 8.02. The summed E-state index contributed by atoms with van der Waals surface area (Å²) in [5, 5.41) is 9.58. The predicted molar refractivity (Wildman–Crippen MR) is 221 cm³/mol. The van der Waals surface area contributed by atoms with E-state index in [0.29, 0.717) is 12.8 Å². The van der Waals surface area contributed by atoms with Crippen molar-refractivity contribution in [1.29, 1.82) is 0 Å². The van der Waals surface area contributed by atoms with E-state index >= 15 is 0 Å². The molecule has 1 fully saturated rings. The molecule has 0 atom stereocenters. The molecule has 1 aliphatic carbocycles. The molecule has 6 heteroatoms. The van der Waals surface area contributed by atoms with E-state index in [2.05, 4.69) is 25.7 Å². The van der Waals surface area contributed by atoms with Crippen LogP contribution in [0, 0.1) is 5.92 Å². The number of ether oxygens (including phenoxy) is 2. The van der Waals surface area contributed by atoms with Crippen molar-refractivity contribution in [3.8, 4) is 0 Å². The van der Waals surface area contributed by atoms with E-state index in [1.54, 1.807) is 0 Å². The van der Waals surface area contributed by atoms with Gasteiger partial charge in [-0.05, 0) is 96.1 Å². The van der Waals surface area contributed by atoms with Gasteiger partial charge in [0.05, 0.1) is 6.61 Å². The molecule has 6 nitrogen and oxygen atoms in total. The Morgan fingerprint density at radius 2 is 0.981 bits per heavy atom. The maximum Gasteiger partial charge on any atom is 0.306 e. The molecule has 0 aliphatic heterocycles. The van der Waals surface area contributed by atoms with Crippen LogP contribution in [0.2, 0.25) is 0 Å². The van der Waals surface area contributed by atoms with Gasteiger partial charge in [-0.25, -0.2) is 0 Å². The molecule has 0 aromatic rings. The van der Waals surface area contributed by atoms with Crippen LogP contribution in [0.4, 0.5) is 0 Å². The first-order valence-electron chi connectivity index (χ1n) is 23.2. The second kappa shape index (κ2) is 36.8. The number of rotatable bonds is 38. The molecule has 308 valence electrons. The van der Waals surface area contributed by atoms with Crippen molar-refractivity contribution in [3.63, 3.8) is 0 Å². The molecule has 0 bridgehead atoms. The number of aliphatic hydroxyl groups is 1.